The summed E-state index contributed by atoms with van der Waals surface area (Å²) in [6.07, 6.45) is 4.90. The minimum Gasteiger partial charge on any atom is -0.494 e. The number of nitrogens with one attached hydrogen (secondary N) is 2. The van der Waals surface area contributed by atoms with E-state index < -0.39 is 11.8 Å². The number of hydrogen-bond acceptors (Lipinski definition) is 4. The number of amides is 2. The monoisotopic (exact) mass is 530 g/mol. The van der Waals surface area contributed by atoms with Crippen molar-refractivity contribution < 1.29 is 19.1 Å². The van der Waals surface area contributed by atoms with E-state index in [0.717, 1.165) is 11.1 Å². The minimum absolute atomic E-state index is 0.0688. The van der Waals surface area contributed by atoms with Crippen LogP contribution in [0.5, 0.6) is 5.75 Å². The van der Waals surface area contributed by atoms with Crippen LogP contribution in [-0.2, 0) is 4.79 Å². The fourth-order valence-electron chi connectivity index (χ4n) is 3.89. The number of anilines is 1. The lowest BCUT2D eigenvalue weighted by Crippen LogP contribution is -2.30. The summed E-state index contributed by atoms with van der Waals surface area (Å²) >= 11 is 0. The Balaban J connectivity index is 1.49. The molecular formula is C34H30N2O4. The predicted octanol–water partition coefficient (Wildman–Crippen LogP) is 6.70. The SMILES string of the molecule is CCOc1ccc(/C=C(\NC(=O)c2ccccc2)C(=O)Nc2ccc(C(=O)/C=C/c3cccc(C)c3)cc2)cc1. The summed E-state index contributed by atoms with van der Waals surface area (Å²) in [5, 5.41) is 5.53. The molecule has 6 heteroatoms. The first-order chi connectivity index (χ1) is 19.4. The molecule has 0 saturated heterocycles. The average molecular weight is 531 g/mol. The quantitative estimate of drug-likeness (QED) is 0.177. The Morgan fingerprint density at radius 3 is 2.17 bits per heavy atom. The van der Waals surface area contributed by atoms with Gasteiger partial charge in [0.25, 0.3) is 11.8 Å². The molecule has 0 heterocycles. The number of ether oxygens (including phenoxy) is 1. The second-order valence-corrected chi connectivity index (χ2v) is 9.02. The Bertz CT molecular complexity index is 1540. The number of aryl methyl sites for hydroxylation is 1. The summed E-state index contributed by atoms with van der Waals surface area (Å²) in [6, 6.07) is 30.3. The zero-order valence-corrected chi connectivity index (χ0v) is 22.4. The third kappa shape index (κ3) is 7.88. The summed E-state index contributed by atoms with van der Waals surface area (Å²) in [5.74, 6) is -0.348. The molecule has 0 aliphatic rings. The minimum atomic E-state index is -0.503. The van der Waals surface area contributed by atoms with Crippen molar-refractivity contribution in [2.24, 2.45) is 0 Å². The molecule has 0 aliphatic heterocycles. The molecule has 0 fully saturated rings. The maximum Gasteiger partial charge on any atom is 0.272 e. The Hall–Kier alpha value is -5.23. The molecule has 40 heavy (non-hydrogen) atoms. The van der Waals surface area contributed by atoms with Crippen molar-refractivity contribution in [3.8, 4) is 5.75 Å². The van der Waals surface area contributed by atoms with Gasteiger partial charge in [-0.25, -0.2) is 0 Å². The number of carbonyl (C=O) groups is 3. The van der Waals surface area contributed by atoms with Gasteiger partial charge in [0, 0.05) is 16.8 Å². The highest BCUT2D eigenvalue weighted by atomic mass is 16.5. The normalized spacial score (nSPS) is 11.2. The van der Waals surface area contributed by atoms with Crippen LogP contribution in [0.4, 0.5) is 5.69 Å². The van der Waals surface area contributed by atoms with Crippen LogP contribution in [0, 0.1) is 6.92 Å². The molecule has 4 aromatic rings. The Kier molecular flexibility index (Phi) is 9.40. The van der Waals surface area contributed by atoms with Crippen LogP contribution in [0.1, 0.15) is 44.3 Å². The summed E-state index contributed by atoms with van der Waals surface area (Å²) in [4.78, 5) is 38.7. The van der Waals surface area contributed by atoms with Crippen LogP contribution in [0.15, 0.2) is 115 Å². The largest absolute Gasteiger partial charge is 0.494 e. The van der Waals surface area contributed by atoms with Crippen LogP contribution in [0.3, 0.4) is 0 Å². The molecule has 2 N–H and O–H groups in total. The van der Waals surface area contributed by atoms with Gasteiger partial charge in [-0.05, 0) is 85.7 Å². The van der Waals surface area contributed by atoms with E-state index in [-0.39, 0.29) is 11.5 Å². The molecule has 0 radical (unpaired) electrons. The second kappa shape index (κ2) is 13.5. The Morgan fingerprint density at radius 1 is 0.775 bits per heavy atom. The first kappa shape index (κ1) is 27.8. The second-order valence-electron chi connectivity index (χ2n) is 9.02. The number of ketones is 1. The van der Waals surface area contributed by atoms with E-state index in [4.69, 9.17) is 4.74 Å². The van der Waals surface area contributed by atoms with E-state index in [1.54, 1.807) is 84.9 Å². The van der Waals surface area contributed by atoms with Crippen molar-refractivity contribution in [2.75, 3.05) is 11.9 Å². The van der Waals surface area contributed by atoms with Gasteiger partial charge in [-0.2, -0.15) is 0 Å². The molecule has 0 atom stereocenters. The lowest BCUT2D eigenvalue weighted by molar-refractivity contribution is -0.113. The van der Waals surface area contributed by atoms with E-state index in [2.05, 4.69) is 10.6 Å². The predicted molar refractivity (Wildman–Crippen MR) is 159 cm³/mol. The van der Waals surface area contributed by atoms with E-state index in [1.165, 1.54) is 6.08 Å². The number of allylic oxidation sites excluding steroid dienone is 1. The first-order valence-electron chi connectivity index (χ1n) is 12.9. The van der Waals surface area contributed by atoms with Crippen LogP contribution in [0.25, 0.3) is 12.2 Å². The average Bonchev–Trinajstić information content (AvgIpc) is 2.97. The molecule has 0 aromatic heterocycles. The topological polar surface area (TPSA) is 84.5 Å². The third-order valence-corrected chi connectivity index (χ3v) is 5.93. The maximum atomic E-state index is 13.3. The summed E-state index contributed by atoms with van der Waals surface area (Å²) in [6.45, 7) is 4.45. The van der Waals surface area contributed by atoms with Crippen LogP contribution < -0.4 is 15.4 Å². The van der Waals surface area contributed by atoms with Crippen molar-refractivity contribution in [3.63, 3.8) is 0 Å². The van der Waals surface area contributed by atoms with E-state index in [1.807, 2.05) is 44.2 Å². The molecule has 6 nitrogen and oxygen atoms in total. The van der Waals surface area contributed by atoms with Gasteiger partial charge in [0.15, 0.2) is 5.78 Å². The molecule has 0 spiro atoms. The standard InChI is InChI=1S/C34H30N2O4/c1-3-40-30-19-12-26(13-20-30)23-31(36-33(38)28-10-5-4-6-11-28)34(39)35-29-17-15-27(16-18-29)32(37)21-14-25-9-7-8-24(2)22-25/h4-23H,3H2,1-2H3,(H,35,39)(H,36,38)/b21-14+,31-23-. The van der Waals surface area contributed by atoms with Gasteiger partial charge in [-0.3, -0.25) is 14.4 Å². The number of rotatable bonds is 10. The maximum absolute atomic E-state index is 13.3. The molecule has 4 aromatic carbocycles. The highest BCUT2D eigenvalue weighted by Gasteiger charge is 2.15. The molecule has 0 unspecified atom stereocenters. The van der Waals surface area contributed by atoms with Gasteiger partial charge < -0.3 is 15.4 Å². The summed E-state index contributed by atoms with van der Waals surface area (Å²) < 4.78 is 5.49. The fourth-order valence-corrected chi connectivity index (χ4v) is 3.89. The van der Waals surface area contributed by atoms with Crippen LogP contribution in [-0.4, -0.2) is 24.2 Å². The zero-order chi connectivity index (χ0) is 28.3. The Morgan fingerprint density at radius 2 is 1.50 bits per heavy atom. The van der Waals surface area contributed by atoms with Crippen molar-refractivity contribution in [2.45, 2.75) is 13.8 Å². The highest BCUT2D eigenvalue weighted by molar-refractivity contribution is 6.11. The number of hydrogen-bond donors (Lipinski definition) is 2. The van der Waals surface area contributed by atoms with Gasteiger partial charge in [-0.1, -0.05) is 66.2 Å². The summed E-state index contributed by atoms with van der Waals surface area (Å²) in [5.41, 5.74) is 4.24. The number of carbonyl (C=O) groups excluding carboxylic acids is 3. The third-order valence-electron chi connectivity index (χ3n) is 5.93. The van der Waals surface area contributed by atoms with Crippen molar-refractivity contribution in [3.05, 3.63) is 143 Å². The van der Waals surface area contributed by atoms with Crippen LogP contribution >= 0.6 is 0 Å². The first-order valence-corrected chi connectivity index (χ1v) is 12.9. The zero-order valence-electron chi connectivity index (χ0n) is 22.4. The Labute approximate surface area is 234 Å². The van der Waals surface area contributed by atoms with Gasteiger partial charge in [-0.15, -0.1) is 0 Å². The highest BCUT2D eigenvalue weighted by Crippen LogP contribution is 2.17. The molecule has 0 bridgehead atoms. The van der Waals surface area contributed by atoms with Crippen molar-refractivity contribution in [1.82, 2.24) is 5.32 Å². The van der Waals surface area contributed by atoms with Gasteiger partial charge in [0.2, 0.25) is 0 Å². The molecule has 4 rings (SSSR count). The fraction of sp³-hybridized carbons (Fsp3) is 0.0882. The lowest BCUT2D eigenvalue weighted by Gasteiger charge is -2.12. The number of benzene rings is 4. The molecule has 0 saturated carbocycles. The van der Waals surface area contributed by atoms with Gasteiger partial charge >= 0.3 is 0 Å². The smallest absolute Gasteiger partial charge is 0.272 e. The van der Waals surface area contributed by atoms with Crippen LogP contribution in [0.2, 0.25) is 0 Å². The molecule has 0 aliphatic carbocycles. The van der Waals surface area contributed by atoms with Crippen molar-refractivity contribution >= 4 is 35.4 Å². The molecular weight excluding hydrogens is 500 g/mol. The molecule has 200 valence electrons. The lowest BCUT2D eigenvalue weighted by atomic mass is 10.1. The molecule has 2 amide bonds. The van der Waals surface area contributed by atoms with Gasteiger partial charge in [0.05, 0.1) is 6.61 Å². The van der Waals surface area contributed by atoms with E-state index >= 15 is 0 Å². The van der Waals surface area contributed by atoms with E-state index in [9.17, 15) is 14.4 Å². The summed E-state index contributed by atoms with van der Waals surface area (Å²) in [7, 11) is 0. The van der Waals surface area contributed by atoms with Gasteiger partial charge in [0.1, 0.15) is 11.4 Å². The van der Waals surface area contributed by atoms with E-state index in [0.29, 0.717) is 34.7 Å². The van der Waals surface area contributed by atoms with Crippen molar-refractivity contribution in [1.29, 1.82) is 0 Å².